The molecule has 0 aliphatic carbocycles. The topological polar surface area (TPSA) is 71.5 Å². The molecule has 0 bridgehead atoms. The standard InChI is InChI=1S/C18H13ClN2O3/c19-12-6-7-16(22)15(10-12)18(23)21-13-8-9-20-17(11-13)24-14-4-2-1-3-5-14/h1-11,22H,(H,20,21,23). The Kier molecular flexibility index (Phi) is 4.63. The Morgan fingerprint density at radius 1 is 1.08 bits per heavy atom. The monoisotopic (exact) mass is 340 g/mol. The summed E-state index contributed by atoms with van der Waals surface area (Å²) in [5.74, 6) is 0.355. The molecule has 3 aromatic rings. The highest BCUT2D eigenvalue weighted by Crippen LogP contribution is 2.24. The second kappa shape index (κ2) is 7.02. The van der Waals surface area contributed by atoms with E-state index in [1.807, 2.05) is 18.2 Å². The molecule has 0 unspecified atom stereocenters. The number of anilines is 1. The predicted molar refractivity (Wildman–Crippen MR) is 91.8 cm³/mol. The Balaban J connectivity index is 1.77. The summed E-state index contributed by atoms with van der Waals surface area (Å²) in [7, 11) is 0. The number of nitrogens with zero attached hydrogens (tertiary/aromatic N) is 1. The zero-order valence-electron chi connectivity index (χ0n) is 12.4. The van der Waals surface area contributed by atoms with Gasteiger partial charge in [0.05, 0.1) is 5.56 Å². The third-order valence-corrected chi connectivity index (χ3v) is 3.40. The van der Waals surface area contributed by atoms with E-state index in [0.717, 1.165) is 0 Å². The number of carbonyl (C=O) groups is 1. The fourth-order valence-electron chi connectivity index (χ4n) is 2.04. The van der Waals surface area contributed by atoms with Crippen LogP contribution in [0.15, 0.2) is 66.9 Å². The Morgan fingerprint density at radius 3 is 2.67 bits per heavy atom. The van der Waals surface area contributed by atoms with Crippen LogP contribution in [-0.4, -0.2) is 16.0 Å². The lowest BCUT2D eigenvalue weighted by molar-refractivity contribution is 0.102. The molecular weight excluding hydrogens is 328 g/mol. The van der Waals surface area contributed by atoms with Crippen LogP contribution in [0.4, 0.5) is 5.69 Å². The van der Waals surface area contributed by atoms with Crippen LogP contribution in [0.1, 0.15) is 10.4 Å². The van der Waals surface area contributed by atoms with Gasteiger partial charge >= 0.3 is 0 Å². The van der Waals surface area contributed by atoms with Crippen LogP contribution in [0.2, 0.25) is 5.02 Å². The summed E-state index contributed by atoms with van der Waals surface area (Å²) in [6.45, 7) is 0. The van der Waals surface area contributed by atoms with Gasteiger partial charge in [0.1, 0.15) is 11.5 Å². The number of rotatable bonds is 4. The number of halogens is 1. The number of para-hydroxylation sites is 1. The van der Waals surface area contributed by atoms with E-state index in [2.05, 4.69) is 10.3 Å². The fraction of sp³-hybridized carbons (Fsp3) is 0. The minimum Gasteiger partial charge on any atom is -0.507 e. The SMILES string of the molecule is O=C(Nc1ccnc(Oc2ccccc2)c1)c1cc(Cl)ccc1O. The van der Waals surface area contributed by atoms with Gasteiger partial charge in [-0.05, 0) is 36.4 Å². The van der Waals surface area contributed by atoms with E-state index >= 15 is 0 Å². The van der Waals surface area contributed by atoms with Crippen molar-refractivity contribution < 1.29 is 14.6 Å². The molecule has 5 nitrogen and oxygen atoms in total. The van der Waals surface area contributed by atoms with Crippen molar-refractivity contribution in [1.29, 1.82) is 0 Å². The number of phenolic OH excluding ortho intramolecular Hbond substituents is 1. The van der Waals surface area contributed by atoms with Gasteiger partial charge in [0, 0.05) is 23.0 Å². The van der Waals surface area contributed by atoms with Crippen LogP contribution in [0, 0.1) is 0 Å². The lowest BCUT2D eigenvalue weighted by Crippen LogP contribution is -2.12. The number of aromatic hydroxyl groups is 1. The lowest BCUT2D eigenvalue weighted by atomic mass is 10.2. The molecule has 3 rings (SSSR count). The zero-order chi connectivity index (χ0) is 16.9. The van der Waals surface area contributed by atoms with E-state index in [0.29, 0.717) is 22.3 Å². The molecule has 120 valence electrons. The maximum Gasteiger partial charge on any atom is 0.259 e. The van der Waals surface area contributed by atoms with Crippen LogP contribution in [0.3, 0.4) is 0 Å². The first-order valence-electron chi connectivity index (χ1n) is 7.10. The molecule has 0 aliphatic heterocycles. The van der Waals surface area contributed by atoms with Gasteiger partial charge in [-0.3, -0.25) is 4.79 Å². The van der Waals surface area contributed by atoms with Gasteiger partial charge in [0.15, 0.2) is 0 Å². The molecule has 0 atom stereocenters. The van der Waals surface area contributed by atoms with E-state index in [1.165, 1.54) is 24.4 Å². The summed E-state index contributed by atoms with van der Waals surface area (Å²) < 4.78 is 5.62. The summed E-state index contributed by atoms with van der Waals surface area (Å²) in [6.07, 6.45) is 1.52. The van der Waals surface area contributed by atoms with Crippen LogP contribution in [0.25, 0.3) is 0 Å². The highest BCUT2D eigenvalue weighted by atomic mass is 35.5. The number of aromatic nitrogens is 1. The predicted octanol–water partition coefficient (Wildman–Crippen LogP) is 4.49. The second-order valence-electron chi connectivity index (χ2n) is 4.91. The second-order valence-corrected chi connectivity index (χ2v) is 5.35. The summed E-state index contributed by atoms with van der Waals surface area (Å²) in [5.41, 5.74) is 0.574. The van der Waals surface area contributed by atoms with Gasteiger partial charge in [-0.2, -0.15) is 0 Å². The largest absolute Gasteiger partial charge is 0.507 e. The minimum absolute atomic E-state index is 0.0878. The van der Waals surface area contributed by atoms with Crippen molar-refractivity contribution in [1.82, 2.24) is 4.98 Å². The highest BCUT2D eigenvalue weighted by Gasteiger charge is 2.12. The quantitative estimate of drug-likeness (QED) is 0.734. The molecule has 1 heterocycles. The van der Waals surface area contributed by atoms with Crippen molar-refractivity contribution in [3.8, 4) is 17.4 Å². The summed E-state index contributed by atoms with van der Waals surface area (Å²) >= 11 is 5.86. The molecule has 24 heavy (non-hydrogen) atoms. The Bertz CT molecular complexity index is 869. The van der Waals surface area contributed by atoms with Crippen molar-refractivity contribution >= 4 is 23.2 Å². The number of hydrogen-bond donors (Lipinski definition) is 2. The van der Waals surface area contributed by atoms with Crippen LogP contribution < -0.4 is 10.1 Å². The summed E-state index contributed by atoms with van der Waals surface area (Å²) in [6, 6.07) is 16.7. The first-order chi connectivity index (χ1) is 11.6. The molecule has 0 saturated carbocycles. The third-order valence-electron chi connectivity index (χ3n) is 3.16. The number of ether oxygens (including phenoxy) is 1. The van der Waals surface area contributed by atoms with Crippen LogP contribution in [0.5, 0.6) is 17.4 Å². The van der Waals surface area contributed by atoms with E-state index < -0.39 is 5.91 Å². The number of nitrogens with one attached hydrogen (secondary N) is 1. The van der Waals surface area contributed by atoms with Crippen molar-refractivity contribution in [2.75, 3.05) is 5.32 Å². The maximum atomic E-state index is 12.3. The van der Waals surface area contributed by atoms with E-state index in [-0.39, 0.29) is 11.3 Å². The molecule has 0 saturated heterocycles. The molecule has 2 aromatic carbocycles. The van der Waals surface area contributed by atoms with Crippen LogP contribution >= 0.6 is 11.6 Å². The number of hydrogen-bond acceptors (Lipinski definition) is 4. The smallest absolute Gasteiger partial charge is 0.259 e. The van der Waals surface area contributed by atoms with E-state index in [9.17, 15) is 9.90 Å². The zero-order valence-corrected chi connectivity index (χ0v) is 13.2. The maximum absolute atomic E-state index is 12.3. The van der Waals surface area contributed by atoms with E-state index in [1.54, 1.807) is 24.3 Å². The molecule has 1 amide bonds. The van der Waals surface area contributed by atoms with Gasteiger partial charge in [0.2, 0.25) is 5.88 Å². The number of amides is 1. The number of benzene rings is 2. The van der Waals surface area contributed by atoms with Crippen molar-refractivity contribution in [2.45, 2.75) is 0 Å². The van der Waals surface area contributed by atoms with Gasteiger partial charge in [0.25, 0.3) is 5.91 Å². The summed E-state index contributed by atoms with van der Waals surface area (Å²) in [5, 5.41) is 12.8. The molecule has 0 fully saturated rings. The fourth-order valence-corrected chi connectivity index (χ4v) is 2.21. The lowest BCUT2D eigenvalue weighted by Gasteiger charge is -2.09. The van der Waals surface area contributed by atoms with Gasteiger partial charge in [-0.25, -0.2) is 4.98 Å². The first-order valence-corrected chi connectivity index (χ1v) is 7.48. The average Bonchev–Trinajstić information content (AvgIpc) is 2.58. The number of carbonyl (C=O) groups excluding carboxylic acids is 1. The molecular formula is C18H13ClN2O3. The molecule has 6 heteroatoms. The molecule has 2 N–H and O–H groups in total. The molecule has 0 radical (unpaired) electrons. The Hall–Kier alpha value is -3.05. The third kappa shape index (κ3) is 3.83. The number of pyridine rings is 1. The Labute approximate surface area is 143 Å². The molecule has 0 spiro atoms. The first kappa shape index (κ1) is 15.8. The number of phenols is 1. The van der Waals surface area contributed by atoms with Crippen molar-refractivity contribution in [3.05, 3.63) is 77.4 Å². The minimum atomic E-state index is -0.480. The molecule has 0 aliphatic rings. The van der Waals surface area contributed by atoms with Gasteiger partial charge in [-0.1, -0.05) is 29.8 Å². The highest BCUT2D eigenvalue weighted by molar-refractivity contribution is 6.31. The van der Waals surface area contributed by atoms with Crippen LogP contribution in [-0.2, 0) is 0 Å². The molecule has 1 aromatic heterocycles. The normalized spacial score (nSPS) is 10.2. The van der Waals surface area contributed by atoms with E-state index in [4.69, 9.17) is 16.3 Å². The summed E-state index contributed by atoms with van der Waals surface area (Å²) in [4.78, 5) is 16.4. The van der Waals surface area contributed by atoms with Gasteiger partial charge < -0.3 is 15.2 Å². The Morgan fingerprint density at radius 2 is 1.88 bits per heavy atom. The van der Waals surface area contributed by atoms with Crippen molar-refractivity contribution in [2.24, 2.45) is 0 Å². The van der Waals surface area contributed by atoms with Crippen molar-refractivity contribution in [3.63, 3.8) is 0 Å². The van der Waals surface area contributed by atoms with Gasteiger partial charge in [-0.15, -0.1) is 0 Å². The average molecular weight is 341 g/mol.